The van der Waals surface area contributed by atoms with Gasteiger partial charge in [-0.3, -0.25) is 19.4 Å². The van der Waals surface area contributed by atoms with E-state index >= 15 is 0 Å². The van der Waals surface area contributed by atoms with Crippen LogP contribution in [0.1, 0.15) is 18.9 Å². The van der Waals surface area contributed by atoms with E-state index in [1.165, 1.54) is 17.0 Å². The summed E-state index contributed by atoms with van der Waals surface area (Å²) < 4.78 is 18.8. The molecule has 1 aromatic rings. The zero-order chi connectivity index (χ0) is 20.5. The molecule has 156 valence electrons. The summed E-state index contributed by atoms with van der Waals surface area (Å²) in [5, 5.41) is 2.77. The van der Waals surface area contributed by atoms with Crippen molar-refractivity contribution in [1.82, 2.24) is 20.0 Å². The summed E-state index contributed by atoms with van der Waals surface area (Å²) in [4.78, 5) is 29.9. The third kappa shape index (κ3) is 6.76. The highest BCUT2D eigenvalue weighted by Gasteiger charge is 2.22. The maximum atomic E-state index is 13.5. The Morgan fingerprint density at radius 3 is 2.54 bits per heavy atom. The van der Waals surface area contributed by atoms with E-state index in [0.29, 0.717) is 25.4 Å². The second-order valence-corrected chi connectivity index (χ2v) is 7.11. The summed E-state index contributed by atoms with van der Waals surface area (Å²) in [6, 6.07) is 4.55. The van der Waals surface area contributed by atoms with Crippen molar-refractivity contribution >= 4 is 11.8 Å². The second kappa shape index (κ2) is 11.0. The van der Waals surface area contributed by atoms with Gasteiger partial charge in [0.05, 0.1) is 20.2 Å². The minimum atomic E-state index is -0.272. The normalized spacial score (nSPS) is 15.3. The number of likely N-dealkylation sites (N-methyl/N-ethyl adjacent to an activating group) is 1. The van der Waals surface area contributed by atoms with Crippen molar-refractivity contribution in [2.45, 2.75) is 19.9 Å². The molecule has 1 fully saturated rings. The molecule has 1 aliphatic heterocycles. The molecular weight excluding hydrogens is 363 g/mol. The van der Waals surface area contributed by atoms with E-state index in [2.05, 4.69) is 15.1 Å². The average Bonchev–Trinajstić information content (AvgIpc) is 2.68. The summed E-state index contributed by atoms with van der Waals surface area (Å²) in [6.45, 7) is 6.67. The molecule has 1 aromatic carbocycles. The lowest BCUT2D eigenvalue weighted by Crippen LogP contribution is -2.50. The number of methoxy groups -OCH3 is 1. The van der Waals surface area contributed by atoms with Gasteiger partial charge in [0.15, 0.2) is 0 Å². The first-order valence-corrected chi connectivity index (χ1v) is 9.70. The standard InChI is InChI=1S/C20H31FN4O3/c1-4-7-22-19(26)14-23(2)20(27)15-25-10-8-24(9-11-25)13-16-12-17(21)5-6-18(16)28-3/h5-6,12H,4,7-11,13-15H2,1-3H3,(H,22,26). The van der Waals surface area contributed by atoms with Crippen molar-refractivity contribution < 1.29 is 18.7 Å². The molecule has 2 amide bonds. The number of carbonyl (C=O) groups excluding carboxylic acids is 2. The Kier molecular flexibility index (Phi) is 8.66. The van der Waals surface area contributed by atoms with Crippen LogP contribution in [0.4, 0.5) is 4.39 Å². The zero-order valence-electron chi connectivity index (χ0n) is 17.0. The van der Waals surface area contributed by atoms with Crippen LogP contribution in [0.2, 0.25) is 0 Å². The Balaban J connectivity index is 1.77. The Morgan fingerprint density at radius 1 is 1.21 bits per heavy atom. The van der Waals surface area contributed by atoms with Crippen LogP contribution in [0.15, 0.2) is 18.2 Å². The molecule has 2 rings (SSSR count). The van der Waals surface area contributed by atoms with Gasteiger partial charge in [0, 0.05) is 51.9 Å². The summed E-state index contributed by atoms with van der Waals surface area (Å²) in [5.74, 6) is 0.214. The predicted molar refractivity (Wildman–Crippen MR) is 106 cm³/mol. The van der Waals surface area contributed by atoms with E-state index < -0.39 is 0 Å². The van der Waals surface area contributed by atoms with Crippen molar-refractivity contribution in [3.63, 3.8) is 0 Å². The topological polar surface area (TPSA) is 65.1 Å². The molecule has 1 saturated heterocycles. The van der Waals surface area contributed by atoms with Crippen molar-refractivity contribution in [1.29, 1.82) is 0 Å². The van der Waals surface area contributed by atoms with Gasteiger partial charge in [0.25, 0.3) is 0 Å². The maximum Gasteiger partial charge on any atom is 0.239 e. The molecule has 7 nitrogen and oxygen atoms in total. The van der Waals surface area contributed by atoms with Crippen LogP contribution in [-0.2, 0) is 16.1 Å². The molecule has 1 N–H and O–H groups in total. The number of benzene rings is 1. The highest BCUT2D eigenvalue weighted by molar-refractivity contribution is 5.85. The van der Waals surface area contributed by atoms with Crippen LogP contribution in [0.5, 0.6) is 5.75 Å². The smallest absolute Gasteiger partial charge is 0.239 e. The molecule has 0 radical (unpaired) electrons. The van der Waals surface area contributed by atoms with Crippen molar-refractivity contribution in [3.8, 4) is 5.75 Å². The first-order valence-electron chi connectivity index (χ1n) is 9.70. The fraction of sp³-hybridized carbons (Fsp3) is 0.600. The number of amides is 2. The molecule has 0 saturated carbocycles. The SMILES string of the molecule is CCCNC(=O)CN(C)C(=O)CN1CCN(Cc2cc(F)ccc2OC)CC1. The van der Waals surface area contributed by atoms with Gasteiger partial charge in [0.1, 0.15) is 11.6 Å². The van der Waals surface area contributed by atoms with Crippen LogP contribution in [0.3, 0.4) is 0 Å². The largest absolute Gasteiger partial charge is 0.496 e. The van der Waals surface area contributed by atoms with Crippen LogP contribution in [0.25, 0.3) is 0 Å². The van der Waals surface area contributed by atoms with Gasteiger partial charge in [-0.1, -0.05) is 6.92 Å². The predicted octanol–water partition coefficient (Wildman–Crippen LogP) is 0.937. The number of carbonyl (C=O) groups is 2. The van der Waals surface area contributed by atoms with Gasteiger partial charge < -0.3 is 15.0 Å². The van der Waals surface area contributed by atoms with Crippen LogP contribution < -0.4 is 10.1 Å². The quantitative estimate of drug-likeness (QED) is 0.675. The molecule has 0 atom stereocenters. The fourth-order valence-corrected chi connectivity index (χ4v) is 3.15. The van der Waals surface area contributed by atoms with Crippen LogP contribution in [0, 0.1) is 5.82 Å². The number of piperazine rings is 1. The van der Waals surface area contributed by atoms with E-state index in [0.717, 1.165) is 38.2 Å². The Labute approximate surface area is 166 Å². The lowest BCUT2D eigenvalue weighted by atomic mass is 10.1. The Hall–Kier alpha value is -2.19. The number of halogens is 1. The van der Waals surface area contributed by atoms with Gasteiger partial charge in [-0.05, 0) is 24.6 Å². The summed E-state index contributed by atoms with van der Waals surface area (Å²) in [7, 11) is 3.24. The van der Waals surface area contributed by atoms with E-state index in [9.17, 15) is 14.0 Å². The fourth-order valence-electron chi connectivity index (χ4n) is 3.15. The third-order valence-corrected chi connectivity index (χ3v) is 4.84. The lowest BCUT2D eigenvalue weighted by Gasteiger charge is -2.35. The van der Waals surface area contributed by atoms with Crippen LogP contribution >= 0.6 is 0 Å². The summed E-state index contributed by atoms with van der Waals surface area (Å²) >= 11 is 0. The van der Waals surface area contributed by atoms with Gasteiger partial charge in [-0.2, -0.15) is 0 Å². The monoisotopic (exact) mass is 394 g/mol. The summed E-state index contributed by atoms with van der Waals surface area (Å²) in [5.41, 5.74) is 0.824. The van der Waals surface area contributed by atoms with Crippen molar-refractivity contribution in [2.75, 3.05) is 60.0 Å². The van der Waals surface area contributed by atoms with Crippen molar-refractivity contribution in [2.24, 2.45) is 0 Å². The number of hydrogen-bond donors (Lipinski definition) is 1. The Bertz CT molecular complexity index is 663. The van der Waals surface area contributed by atoms with E-state index in [-0.39, 0.29) is 24.2 Å². The van der Waals surface area contributed by atoms with Gasteiger partial charge in [0.2, 0.25) is 11.8 Å². The van der Waals surface area contributed by atoms with E-state index in [1.807, 2.05) is 6.92 Å². The molecule has 8 heteroatoms. The van der Waals surface area contributed by atoms with E-state index in [4.69, 9.17) is 4.74 Å². The lowest BCUT2D eigenvalue weighted by molar-refractivity contribution is -0.136. The zero-order valence-corrected chi connectivity index (χ0v) is 17.0. The minimum absolute atomic E-state index is 0.0631. The summed E-state index contributed by atoms with van der Waals surface area (Å²) in [6.07, 6.45) is 0.870. The van der Waals surface area contributed by atoms with Gasteiger partial charge >= 0.3 is 0 Å². The number of rotatable bonds is 9. The molecule has 0 aromatic heterocycles. The molecule has 0 unspecified atom stereocenters. The highest BCUT2D eigenvalue weighted by Crippen LogP contribution is 2.21. The first kappa shape index (κ1) is 22.1. The number of nitrogens with one attached hydrogen (secondary N) is 1. The van der Waals surface area contributed by atoms with E-state index in [1.54, 1.807) is 20.2 Å². The van der Waals surface area contributed by atoms with Gasteiger partial charge in [-0.15, -0.1) is 0 Å². The molecule has 1 heterocycles. The number of ether oxygens (including phenoxy) is 1. The molecule has 0 aliphatic carbocycles. The second-order valence-electron chi connectivity index (χ2n) is 7.11. The molecular formula is C20H31FN4O3. The molecule has 28 heavy (non-hydrogen) atoms. The highest BCUT2D eigenvalue weighted by atomic mass is 19.1. The molecule has 0 spiro atoms. The van der Waals surface area contributed by atoms with Crippen LogP contribution in [-0.4, -0.2) is 86.5 Å². The van der Waals surface area contributed by atoms with Crippen molar-refractivity contribution in [3.05, 3.63) is 29.6 Å². The maximum absolute atomic E-state index is 13.5. The molecule has 1 aliphatic rings. The average molecular weight is 394 g/mol. The minimum Gasteiger partial charge on any atom is -0.496 e. The molecule has 0 bridgehead atoms. The third-order valence-electron chi connectivity index (χ3n) is 4.84. The van der Waals surface area contributed by atoms with Gasteiger partial charge in [-0.25, -0.2) is 4.39 Å². The number of hydrogen-bond acceptors (Lipinski definition) is 5. The first-order chi connectivity index (χ1) is 13.4. The Morgan fingerprint density at radius 2 is 1.89 bits per heavy atom. The number of nitrogens with zero attached hydrogens (tertiary/aromatic N) is 3.